The number of hydrogen-bond acceptors (Lipinski definition) is 5. The smallest absolute Gasteiger partial charge is 0.321 e. The van der Waals surface area contributed by atoms with Gasteiger partial charge >= 0.3 is 6.03 Å². The van der Waals surface area contributed by atoms with Gasteiger partial charge in [-0.3, -0.25) is 9.59 Å². The Balaban J connectivity index is 1.31. The maximum absolute atomic E-state index is 12.6. The van der Waals surface area contributed by atoms with Gasteiger partial charge in [-0.25, -0.2) is 4.79 Å². The van der Waals surface area contributed by atoms with E-state index in [1.165, 1.54) is 12.5 Å². The Hall–Kier alpha value is -3.72. The molecule has 0 spiro atoms. The standard InChI is InChI=1S/C21H19ClN4O5/c22-15-13-14(5-6-16(15)24-19(27)17-3-1-11-30-17)23-21(29)26-9-7-25(8-10-26)20(28)18-4-2-12-31-18/h1-6,11-13H,7-10H2,(H,23,29)(H,24,27). The third-order valence-electron chi connectivity index (χ3n) is 4.80. The van der Waals surface area contributed by atoms with Crippen molar-refractivity contribution in [2.45, 2.75) is 0 Å². The van der Waals surface area contributed by atoms with Crippen LogP contribution in [0.15, 0.2) is 63.8 Å². The van der Waals surface area contributed by atoms with Gasteiger partial charge in [0.05, 0.1) is 23.2 Å². The second-order valence-electron chi connectivity index (χ2n) is 6.81. The van der Waals surface area contributed by atoms with E-state index in [4.69, 9.17) is 20.4 Å². The highest BCUT2D eigenvalue weighted by molar-refractivity contribution is 6.34. The summed E-state index contributed by atoms with van der Waals surface area (Å²) in [7, 11) is 0. The summed E-state index contributed by atoms with van der Waals surface area (Å²) in [6, 6.07) is 10.9. The molecule has 1 aliphatic heterocycles. The Labute approximate surface area is 182 Å². The second-order valence-corrected chi connectivity index (χ2v) is 7.22. The van der Waals surface area contributed by atoms with E-state index in [0.717, 1.165) is 0 Å². The van der Waals surface area contributed by atoms with Gasteiger partial charge in [0.25, 0.3) is 11.8 Å². The molecule has 2 N–H and O–H groups in total. The van der Waals surface area contributed by atoms with E-state index in [9.17, 15) is 14.4 Å². The number of anilines is 2. The van der Waals surface area contributed by atoms with Gasteiger partial charge in [0.15, 0.2) is 11.5 Å². The molecular weight excluding hydrogens is 424 g/mol. The van der Waals surface area contributed by atoms with Crippen molar-refractivity contribution in [3.05, 3.63) is 71.5 Å². The van der Waals surface area contributed by atoms with Crippen LogP contribution < -0.4 is 10.6 Å². The third kappa shape index (κ3) is 4.72. The fourth-order valence-electron chi connectivity index (χ4n) is 3.16. The molecule has 2 aromatic heterocycles. The van der Waals surface area contributed by atoms with E-state index in [1.54, 1.807) is 52.3 Å². The van der Waals surface area contributed by atoms with Gasteiger partial charge in [0.1, 0.15) is 0 Å². The molecule has 31 heavy (non-hydrogen) atoms. The number of carbonyl (C=O) groups excluding carboxylic acids is 3. The predicted octanol–water partition coefficient (Wildman–Crippen LogP) is 3.77. The Morgan fingerprint density at radius 1 is 0.839 bits per heavy atom. The normalized spacial score (nSPS) is 13.7. The van der Waals surface area contributed by atoms with Gasteiger partial charge in [-0.05, 0) is 42.5 Å². The molecule has 0 bridgehead atoms. The number of halogens is 1. The van der Waals surface area contributed by atoms with E-state index in [1.807, 2.05) is 0 Å². The quantitative estimate of drug-likeness (QED) is 0.639. The first kappa shape index (κ1) is 20.5. The Bertz CT molecular complexity index is 1070. The van der Waals surface area contributed by atoms with Crippen molar-refractivity contribution in [1.82, 2.24) is 9.80 Å². The van der Waals surface area contributed by atoms with E-state index in [-0.39, 0.29) is 28.5 Å². The molecule has 0 aliphatic carbocycles. The molecule has 1 saturated heterocycles. The number of hydrogen-bond donors (Lipinski definition) is 2. The van der Waals surface area contributed by atoms with E-state index < -0.39 is 5.91 Å². The minimum Gasteiger partial charge on any atom is -0.459 e. The van der Waals surface area contributed by atoms with Crippen molar-refractivity contribution in [3.8, 4) is 0 Å². The maximum Gasteiger partial charge on any atom is 0.321 e. The summed E-state index contributed by atoms with van der Waals surface area (Å²) in [6.07, 6.45) is 2.86. The molecule has 3 aromatic rings. The Morgan fingerprint density at radius 3 is 2.10 bits per heavy atom. The van der Waals surface area contributed by atoms with Crippen LogP contribution in [0.25, 0.3) is 0 Å². The molecule has 4 amide bonds. The molecule has 9 nitrogen and oxygen atoms in total. The zero-order valence-corrected chi connectivity index (χ0v) is 17.1. The number of carbonyl (C=O) groups is 3. The van der Waals surface area contributed by atoms with Crippen LogP contribution in [0.4, 0.5) is 16.2 Å². The summed E-state index contributed by atoms with van der Waals surface area (Å²) < 4.78 is 10.2. The van der Waals surface area contributed by atoms with Crippen molar-refractivity contribution in [2.24, 2.45) is 0 Å². The minimum atomic E-state index is -0.425. The van der Waals surface area contributed by atoms with Crippen LogP contribution >= 0.6 is 11.6 Å². The van der Waals surface area contributed by atoms with Crippen molar-refractivity contribution in [1.29, 1.82) is 0 Å². The first-order chi connectivity index (χ1) is 15.0. The molecule has 3 heterocycles. The van der Waals surface area contributed by atoms with Gasteiger partial charge in [0, 0.05) is 31.9 Å². The van der Waals surface area contributed by atoms with Gasteiger partial charge < -0.3 is 29.3 Å². The lowest BCUT2D eigenvalue weighted by Crippen LogP contribution is -2.51. The van der Waals surface area contributed by atoms with Crippen molar-refractivity contribution >= 4 is 40.8 Å². The van der Waals surface area contributed by atoms with Gasteiger partial charge in [-0.15, -0.1) is 0 Å². The fourth-order valence-corrected chi connectivity index (χ4v) is 3.38. The number of nitrogens with zero attached hydrogens (tertiary/aromatic N) is 2. The second kappa shape index (κ2) is 8.97. The number of urea groups is 1. The fraction of sp³-hybridized carbons (Fsp3) is 0.190. The zero-order valence-electron chi connectivity index (χ0n) is 16.3. The lowest BCUT2D eigenvalue weighted by molar-refractivity contribution is 0.0640. The molecule has 1 aromatic carbocycles. The van der Waals surface area contributed by atoms with Crippen LogP contribution in [0, 0.1) is 0 Å². The monoisotopic (exact) mass is 442 g/mol. The molecule has 1 fully saturated rings. The van der Waals surface area contributed by atoms with Crippen LogP contribution in [0.1, 0.15) is 21.1 Å². The first-order valence-electron chi connectivity index (χ1n) is 9.54. The van der Waals surface area contributed by atoms with Gasteiger partial charge in [0.2, 0.25) is 0 Å². The average Bonchev–Trinajstić information content (AvgIpc) is 3.49. The zero-order chi connectivity index (χ0) is 21.8. The molecule has 10 heteroatoms. The number of benzene rings is 1. The van der Waals surface area contributed by atoms with E-state index >= 15 is 0 Å². The summed E-state index contributed by atoms with van der Waals surface area (Å²) in [5.74, 6) is -0.167. The van der Waals surface area contributed by atoms with E-state index in [0.29, 0.717) is 37.6 Å². The lowest BCUT2D eigenvalue weighted by Gasteiger charge is -2.34. The molecule has 0 saturated carbocycles. The summed E-state index contributed by atoms with van der Waals surface area (Å²) in [5.41, 5.74) is 0.881. The predicted molar refractivity (Wildman–Crippen MR) is 113 cm³/mol. The molecule has 160 valence electrons. The summed E-state index contributed by atoms with van der Waals surface area (Å²) in [5, 5.41) is 5.70. The summed E-state index contributed by atoms with van der Waals surface area (Å²) >= 11 is 6.24. The van der Waals surface area contributed by atoms with Crippen LogP contribution in [-0.4, -0.2) is 53.8 Å². The minimum absolute atomic E-state index is 0.165. The van der Waals surface area contributed by atoms with Crippen LogP contribution in [0.5, 0.6) is 0 Å². The first-order valence-corrected chi connectivity index (χ1v) is 9.92. The summed E-state index contributed by atoms with van der Waals surface area (Å²) in [6.45, 7) is 1.60. The lowest BCUT2D eigenvalue weighted by atomic mass is 10.2. The molecule has 4 rings (SSSR count). The largest absolute Gasteiger partial charge is 0.459 e. The number of nitrogens with one attached hydrogen (secondary N) is 2. The van der Waals surface area contributed by atoms with Crippen LogP contribution in [-0.2, 0) is 0 Å². The van der Waals surface area contributed by atoms with Crippen LogP contribution in [0.2, 0.25) is 5.02 Å². The third-order valence-corrected chi connectivity index (χ3v) is 5.11. The number of amides is 4. The summed E-state index contributed by atoms with van der Waals surface area (Å²) in [4.78, 5) is 40.2. The van der Waals surface area contributed by atoms with Crippen molar-refractivity contribution in [3.63, 3.8) is 0 Å². The Kier molecular flexibility index (Phi) is 5.94. The van der Waals surface area contributed by atoms with Gasteiger partial charge in [-0.1, -0.05) is 11.6 Å². The van der Waals surface area contributed by atoms with Crippen molar-refractivity contribution < 1.29 is 23.2 Å². The highest BCUT2D eigenvalue weighted by Gasteiger charge is 2.26. The topological polar surface area (TPSA) is 108 Å². The van der Waals surface area contributed by atoms with Crippen molar-refractivity contribution in [2.75, 3.05) is 36.8 Å². The highest BCUT2D eigenvalue weighted by atomic mass is 35.5. The molecule has 1 aliphatic rings. The Morgan fingerprint density at radius 2 is 1.48 bits per heavy atom. The number of piperazine rings is 1. The van der Waals surface area contributed by atoms with Crippen LogP contribution in [0.3, 0.4) is 0 Å². The molecule has 0 radical (unpaired) electrons. The van der Waals surface area contributed by atoms with E-state index in [2.05, 4.69) is 10.6 Å². The molecule has 0 unspecified atom stereocenters. The average molecular weight is 443 g/mol. The highest BCUT2D eigenvalue weighted by Crippen LogP contribution is 2.26. The SMILES string of the molecule is O=C(Nc1ccc(NC(=O)N2CCN(C(=O)c3ccco3)CC2)cc1Cl)c1ccco1. The van der Waals surface area contributed by atoms with Gasteiger partial charge in [-0.2, -0.15) is 0 Å². The number of furan rings is 2. The molecular formula is C21H19ClN4O5. The number of rotatable bonds is 4. The molecule has 0 atom stereocenters. The maximum atomic E-state index is 12.6.